The molecule has 0 bridgehead atoms. The number of sulfonamides is 1. The van der Waals surface area contributed by atoms with E-state index in [1.807, 2.05) is 31.2 Å². The van der Waals surface area contributed by atoms with E-state index in [9.17, 15) is 13.2 Å². The van der Waals surface area contributed by atoms with Gasteiger partial charge in [0.2, 0.25) is 10.0 Å². The van der Waals surface area contributed by atoms with Gasteiger partial charge in [-0.15, -0.1) is 0 Å². The Bertz CT molecular complexity index is 1050. The van der Waals surface area contributed by atoms with Gasteiger partial charge in [0.25, 0.3) is 5.56 Å². The first kappa shape index (κ1) is 17.2. The minimum absolute atomic E-state index is 0.0552. The predicted molar refractivity (Wildman–Crippen MR) is 99.9 cm³/mol. The van der Waals surface area contributed by atoms with Crippen LogP contribution < -0.4 is 5.56 Å². The van der Waals surface area contributed by atoms with Gasteiger partial charge >= 0.3 is 0 Å². The van der Waals surface area contributed by atoms with Crippen LogP contribution in [0.25, 0.3) is 6.08 Å². The molecule has 0 N–H and O–H groups in total. The zero-order valence-corrected chi connectivity index (χ0v) is 15.5. The Hall–Kier alpha value is -2.25. The van der Waals surface area contributed by atoms with Crippen LogP contribution in [-0.4, -0.2) is 28.8 Å². The van der Waals surface area contributed by atoms with Crippen molar-refractivity contribution in [2.75, 3.05) is 6.54 Å². The number of hydrogen-bond donors (Lipinski definition) is 0. The van der Waals surface area contributed by atoms with E-state index in [-0.39, 0.29) is 12.1 Å². The quantitative estimate of drug-likeness (QED) is 0.827. The van der Waals surface area contributed by atoms with Crippen LogP contribution in [0.5, 0.6) is 0 Å². The number of fused-ring (bicyclic) bond motifs is 2. The molecule has 2 aliphatic rings. The Kier molecular flexibility index (Phi) is 4.28. The third-order valence-electron chi connectivity index (χ3n) is 5.18. The van der Waals surface area contributed by atoms with Crippen molar-refractivity contribution in [2.24, 2.45) is 0 Å². The topological polar surface area (TPSA) is 72.3 Å². The third kappa shape index (κ3) is 2.81. The number of aromatic nitrogens is 2. The molecule has 0 saturated carbocycles. The highest BCUT2D eigenvalue weighted by Crippen LogP contribution is 2.30. The van der Waals surface area contributed by atoms with Gasteiger partial charge in [-0.05, 0) is 43.4 Å². The summed E-state index contributed by atoms with van der Waals surface area (Å²) < 4.78 is 29.2. The average molecular weight is 371 g/mol. The fraction of sp³-hybridized carbons (Fsp3) is 0.368. The summed E-state index contributed by atoms with van der Waals surface area (Å²) in [5.74, 6) is 0. The van der Waals surface area contributed by atoms with Crippen LogP contribution in [0.3, 0.4) is 0 Å². The minimum atomic E-state index is -3.55. The van der Waals surface area contributed by atoms with Crippen molar-refractivity contribution in [3.05, 3.63) is 68.2 Å². The zero-order valence-electron chi connectivity index (χ0n) is 14.7. The standard InChI is InChI=1S/C19H21N3O3S/c1-2-21-13-20-18-12-22(10-9-17(18)19(21)23)26(24,25)16-8-7-14-5-3-4-6-15(14)11-16/h3-6,11,13H,2,7-10,12H2,1H3. The lowest BCUT2D eigenvalue weighted by molar-refractivity contribution is 0.384. The van der Waals surface area contributed by atoms with Gasteiger partial charge in [-0.2, -0.15) is 4.31 Å². The summed E-state index contributed by atoms with van der Waals surface area (Å²) in [6.45, 7) is 2.94. The first-order valence-electron chi connectivity index (χ1n) is 8.86. The average Bonchev–Trinajstić information content (AvgIpc) is 2.67. The van der Waals surface area contributed by atoms with Gasteiger partial charge in [-0.1, -0.05) is 24.3 Å². The van der Waals surface area contributed by atoms with Gasteiger partial charge in [-0.25, -0.2) is 13.4 Å². The molecular formula is C19H21N3O3S. The molecule has 2 heterocycles. The number of aryl methyl sites for hydroxylation is 2. The molecule has 6 nitrogen and oxygen atoms in total. The molecule has 136 valence electrons. The molecule has 1 aromatic carbocycles. The highest BCUT2D eigenvalue weighted by atomic mass is 32.2. The van der Waals surface area contributed by atoms with E-state index < -0.39 is 10.0 Å². The largest absolute Gasteiger partial charge is 0.299 e. The minimum Gasteiger partial charge on any atom is -0.299 e. The molecular weight excluding hydrogens is 350 g/mol. The summed E-state index contributed by atoms with van der Waals surface area (Å²) in [4.78, 5) is 17.2. The summed E-state index contributed by atoms with van der Waals surface area (Å²) >= 11 is 0. The smallest absolute Gasteiger partial charge is 0.256 e. The van der Waals surface area contributed by atoms with E-state index in [0.717, 1.165) is 12.0 Å². The van der Waals surface area contributed by atoms with Gasteiger partial charge < -0.3 is 0 Å². The fourth-order valence-electron chi connectivity index (χ4n) is 3.64. The number of allylic oxidation sites excluding steroid dienone is 1. The van der Waals surface area contributed by atoms with Crippen molar-refractivity contribution in [2.45, 2.75) is 39.3 Å². The lowest BCUT2D eigenvalue weighted by atomic mass is 9.98. The molecule has 1 aromatic heterocycles. The second-order valence-corrected chi connectivity index (χ2v) is 8.65. The van der Waals surface area contributed by atoms with Crippen LogP contribution in [0.2, 0.25) is 0 Å². The number of hydrogen-bond acceptors (Lipinski definition) is 4. The maximum absolute atomic E-state index is 13.1. The van der Waals surface area contributed by atoms with Crippen LogP contribution in [0.1, 0.15) is 35.7 Å². The summed E-state index contributed by atoms with van der Waals surface area (Å²) in [5, 5.41) is 0. The molecule has 0 amide bonds. The van der Waals surface area contributed by atoms with Gasteiger partial charge in [0, 0.05) is 18.7 Å². The predicted octanol–water partition coefficient (Wildman–Crippen LogP) is 1.94. The van der Waals surface area contributed by atoms with Gasteiger partial charge in [-0.3, -0.25) is 9.36 Å². The first-order chi connectivity index (χ1) is 12.5. The Morgan fingerprint density at radius 2 is 1.96 bits per heavy atom. The van der Waals surface area contributed by atoms with Crippen molar-refractivity contribution < 1.29 is 8.42 Å². The number of benzene rings is 1. The van der Waals surface area contributed by atoms with E-state index in [4.69, 9.17) is 0 Å². The molecule has 0 unspecified atom stereocenters. The van der Waals surface area contributed by atoms with E-state index >= 15 is 0 Å². The van der Waals surface area contributed by atoms with Crippen LogP contribution in [-0.2, 0) is 36.0 Å². The van der Waals surface area contributed by atoms with Crippen molar-refractivity contribution >= 4 is 16.1 Å². The molecule has 4 rings (SSSR count). The lowest BCUT2D eigenvalue weighted by Gasteiger charge is -2.29. The molecule has 7 heteroatoms. The van der Waals surface area contributed by atoms with Crippen molar-refractivity contribution in [3.8, 4) is 0 Å². The highest BCUT2D eigenvalue weighted by molar-refractivity contribution is 7.93. The Balaban J connectivity index is 1.66. The van der Waals surface area contributed by atoms with Gasteiger partial charge in [0.1, 0.15) is 0 Å². The maximum atomic E-state index is 13.1. The molecule has 1 aliphatic carbocycles. The molecule has 0 saturated heterocycles. The second kappa shape index (κ2) is 6.48. The maximum Gasteiger partial charge on any atom is 0.256 e. The SMILES string of the molecule is CCn1cnc2c(c1=O)CCN(S(=O)(=O)C1=Cc3ccccc3CC1)C2. The molecule has 2 aromatic rings. The van der Waals surface area contributed by atoms with Crippen molar-refractivity contribution in [1.29, 1.82) is 0 Å². The molecule has 0 spiro atoms. The molecule has 0 radical (unpaired) electrons. The summed E-state index contributed by atoms with van der Waals surface area (Å²) in [7, 11) is -3.55. The Labute approximate surface area is 152 Å². The zero-order chi connectivity index (χ0) is 18.3. The van der Waals surface area contributed by atoms with E-state index in [2.05, 4.69) is 4.98 Å². The third-order valence-corrected chi connectivity index (χ3v) is 7.16. The summed E-state index contributed by atoms with van der Waals surface area (Å²) in [5.41, 5.74) is 3.31. The van der Waals surface area contributed by atoms with Crippen LogP contribution in [0.4, 0.5) is 0 Å². The molecule has 0 atom stereocenters. The van der Waals surface area contributed by atoms with Crippen LogP contribution >= 0.6 is 0 Å². The highest BCUT2D eigenvalue weighted by Gasteiger charge is 2.32. The van der Waals surface area contributed by atoms with Gasteiger partial charge in [0.15, 0.2) is 0 Å². The normalized spacial score (nSPS) is 17.3. The number of rotatable bonds is 3. The van der Waals surface area contributed by atoms with E-state index in [0.29, 0.717) is 42.1 Å². The number of nitrogens with zero attached hydrogens (tertiary/aromatic N) is 3. The molecule has 26 heavy (non-hydrogen) atoms. The fourth-order valence-corrected chi connectivity index (χ4v) is 5.23. The lowest BCUT2D eigenvalue weighted by Crippen LogP contribution is -2.40. The second-order valence-electron chi connectivity index (χ2n) is 6.66. The van der Waals surface area contributed by atoms with Crippen molar-refractivity contribution in [1.82, 2.24) is 13.9 Å². The monoisotopic (exact) mass is 371 g/mol. The molecule has 0 fully saturated rings. The van der Waals surface area contributed by atoms with Crippen LogP contribution in [0, 0.1) is 0 Å². The Morgan fingerprint density at radius 3 is 2.77 bits per heavy atom. The summed E-state index contributed by atoms with van der Waals surface area (Å²) in [6, 6.07) is 7.88. The van der Waals surface area contributed by atoms with Crippen LogP contribution in [0.15, 0.2) is 40.3 Å². The Morgan fingerprint density at radius 1 is 1.15 bits per heavy atom. The van der Waals surface area contributed by atoms with Gasteiger partial charge in [0.05, 0.1) is 23.5 Å². The van der Waals surface area contributed by atoms with E-state index in [1.54, 1.807) is 10.6 Å². The van der Waals surface area contributed by atoms with E-state index in [1.165, 1.54) is 16.2 Å². The first-order valence-corrected chi connectivity index (χ1v) is 10.3. The molecule has 1 aliphatic heterocycles. The summed E-state index contributed by atoms with van der Waals surface area (Å²) in [6.07, 6.45) is 4.93. The van der Waals surface area contributed by atoms with Crippen molar-refractivity contribution in [3.63, 3.8) is 0 Å².